The fourth-order valence-electron chi connectivity index (χ4n) is 3.58. The van der Waals surface area contributed by atoms with E-state index >= 15 is 0 Å². The molecule has 172 valence electrons. The summed E-state index contributed by atoms with van der Waals surface area (Å²) in [6.45, 7) is 28.2. The van der Waals surface area contributed by atoms with Crippen LogP contribution in [0.1, 0.15) is 68.2 Å². The maximum Gasteiger partial charge on any atom is 0.306 e. The van der Waals surface area contributed by atoms with Crippen LogP contribution in [0.4, 0.5) is 0 Å². The lowest BCUT2D eigenvalue weighted by Crippen LogP contribution is -2.45. The van der Waals surface area contributed by atoms with Crippen LogP contribution in [0.3, 0.4) is 0 Å². The molecule has 0 radical (unpaired) electrons. The summed E-state index contributed by atoms with van der Waals surface area (Å²) in [5, 5.41) is 0.363. The van der Waals surface area contributed by atoms with Crippen molar-refractivity contribution in [3.05, 3.63) is 0 Å². The molecule has 0 N–H and O–H groups in total. The average molecular weight is 445 g/mol. The molecule has 1 fully saturated rings. The number of rotatable bonds is 8. The van der Waals surface area contributed by atoms with E-state index in [0.29, 0.717) is 24.9 Å². The van der Waals surface area contributed by atoms with Crippen molar-refractivity contribution in [1.29, 1.82) is 0 Å². The van der Waals surface area contributed by atoms with Crippen molar-refractivity contribution in [2.24, 2.45) is 17.8 Å². The van der Waals surface area contributed by atoms with Gasteiger partial charge in [0, 0.05) is 19.1 Å². The van der Waals surface area contributed by atoms with E-state index in [1.165, 1.54) is 0 Å². The summed E-state index contributed by atoms with van der Waals surface area (Å²) in [7, 11) is -3.70. The van der Waals surface area contributed by atoms with Gasteiger partial charge in [0.1, 0.15) is 0 Å². The normalized spacial score (nSPS) is 26.6. The van der Waals surface area contributed by atoms with Gasteiger partial charge in [0.25, 0.3) is 0 Å². The van der Waals surface area contributed by atoms with Crippen molar-refractivity contribution < 1.29 is 18.4 Å². The lowest BCUT2D eigenvalue weighted by molar-refractivity contribution is -0.144. The van der Waals surface area contributed by atoms with Crippen molar-refractivity contribution in [1.82, 2.24) is 0 Å². The summed E-state index contributed by atoms with van der Waals surface area (Å²) in [6, 6.07) is 0. The number of hydrogen-bond donors (Lipinski definition) is 0. The van der Waals surface area contributed by atoms with Gasteiger partial charge in [0.15, 0.2) is 16.6 Å². The van der Waals surface area contributed by atoms with Crippen LogP contribution < -0.4 is 0 Å². The van der Waals surface area contributed by atoms with Gasteiger partial charge >= 0.3 is 5.97 Å². The molecule has 0 unspecified atom stereocenters. The SMILES string of the molecule is CCOC(=O)C[C@@H]1C[C@H](O[Si](C)(C)C(C)(C)C)[C@H](C)[C@H]1CO[Si](C)(C)C(C)(C)C. The van der Waals surface area contributed by atoms with E-state index in [0.717, 1.165) is 13.0 Å². The Bertz CT molecular complexity index is 546. The number of hydrogen-bond acceptors (Lipinski definition) is 4. The van der Waals surface area contributed by atoms with E-state index in [1.807, 2.05) is 6.92 Å². The van der Waals surface area contributed by atoms with Crippen LogP contribution in [0, 0.1) is 17.8 Å². The maximum absolute atomic E-state index is 12.3. The largest absolute Gasteiger partial charge is 0.466 e. The Balaban J connectivity index is 3.00. The fraction of sp³-hybridized carbons (Fsp3) is 0.957. The molecule has 0 amide bonds. The van der Waals surface area contributed by atoms with Gasteiger partial charge in [-0.25, -0.2) is 0 Å². The molecule has 0 aliphatic heterocycles. The molecule has 0 aromatic carbocycles. The molecule has 0 spiro atoms. The lowest BCUT2D eigenvalue weighted by atomic mass is 9.89. The summed E-state index contributed by atoms with van der Waals surface area (Å²) in [4.78, 5) is 12.3. The molecule has 1 saturated carbocycles. The molecule has 1 aliphatic rings. The predicted octanol–water partition coefficient (Wildman–Crippen LogP) is 6.62. The van der Waals surface area contributed by atoms with E-state index < -0.39 is 16.6 Å². The summed E-state index contributed by atoms with van der Waals surface area (Å²) in [5.41, 5.74) is 0. The average Bonchev–Trinajstić information content (AvgIpc) is 2.78. The van der Waals surface area contributed by atoms with Gasteiger partial charge in [-0.1, -0.05) is 48.5 Å². The van der Waals surface area contributed by atoms with Crippen molar-refractivity contribution in [2.75, 3.05) is 13.2 Å². The molecule has 4 nitrogen and oxygen atoms in total. The zero-order valence-electron chi connectivity index (χ0n) is 21.3. The maximum atomic E-state index is 12.3. The molecule has 4 atom stereocenters. The Morgan fingerprint density at radius 2 is 1.48 bits per heavy atom. The minimum atomic E-state index is -1.86. The van der Waals surface area contributed by atoms with Gasteiger partial charge in [-0.15, -0.1) is 0 Å². The first-order chi connectivity index (χ1) is 12.9. The minimum Gasteiger partial charge on any atom is -0.466 e. The summed E-state index contributed by atoms with van der Waals surface area (Å²) in [5.74, 6) is 0.898. The highest BCUT2D eigenvalue weighted by Gasteiger charge is 2.48. The van der Waals surface area contributed by atoms with Crippen molar-refractivity contribution >= 4 is 22.6 Å². The molecular formula is C23H48O4Si2. The van der Waals surface area contributed by atoms with Crippen LogP contribution >= 0.6 is 0 Å². The zero-order chi connectivity index (χ0) is 22.8. The fourth-order valence-corrected chi connectivity index (χ4v) is 6.04. The smallest absolute Gasteiger partial charge is 0.306 e. The zero-order valence-corrected chi connectivity index (χ0v) is 23.3. The molecule has 0 saturated heterocycles. The second kappa shape index (κ2) is 9.53. The minimum absolute atomic E-state index is 0.0880. The topological polar surface area (TPSA) is 44.8 Å². The molecule has 1 rings (SSSR count). The van der Waals surface area contributed by atoms with E-state index in [-0.39, 0.29) is 28.1 Å². The van der Waals surface area contributed by atoms with E-state index in [2.05, 4.69) is 74.7 Å². The van der Waals surface area contributed by atoms with E-state index in [4.69, 9.17) is 13.6 Å². The van der Waals surface area contributed by atoms with E-state index in [1.54, 1.807) is 0 Å². The molecule has 29 heavy (non-hydrogen) atoms. The molecule has 1 aliphatic carbocycles. The summed E-state index contributed by atoms with van der Waals surface area (Å²) < 4.78 is 18.7. The number of ether oxygens (including phenoxy) is 1. The molecule has 0 aromatic heterocycles. The Morgan fingerprint density at radius 3 is 1.93 bits per heavy atom. The third kappa shape index (κ3) is 6.91. The number of carbonyl (C=O) groups excluding carboxylic acids is 1. The third-order valence-corrected chi connectivity index (χ3v) is 16.8. The highest BCUT2D eigenvalue weighted by molar-refractivity contribution is 6.74. The highest BCUT2D eigenvalue weighted by Crippen LogP contribution is 2.46. The first-order valence-corrected chi connectivity index (χ1v) is 17.2. The van der Waals surface area contributed by atoms with Crippen LogP contribution in [0.2, 0.25) is 36.3 Å². The number of esters is 1. The first kappa shape index (κ1) is 26.9. The predicted molar refractivity (Wildman–Crippen MR) is 127 cm³/mol. The van der Waals surface area contributed by atoms with Crippen LogP contribution in [-0.2, 0) is 18.4 Å². The Morgan fingerprint density at radius 1 is 0.966 bits per heavy atom. The molecule has 0 aromatic rings. The Labute approximate surface area is 182 Å². The second-order valence-corrected chi connectivity index (χ2v) is 21.6. The summed E-state index contributed by atoms with van der Waals surface area (Å²) >= 11 is 0. The standard InChI is InChI=1S/C23H48O4Si2/c1-13-25-21(24)15-18-14-20(27-29(11,12)23(6,7)8)17(2)19(18)16-26-28(9,10)22(3,4)5/h17-20H,13-16H2,1-12H3/t17-,18+,19-,20+/m1/s1. The second-order valence-electron chi connectivity index (χ2n) is 12.0. The van der Waals surface area contributed by atoms with Gasteiger partial charge in [-0.3, -0.25) is 4.79 Å². The van der Waals surface area contributed by atoms with Crippen LogP contribution in [0.25, 0.3) is 0 Å². The van der Waals surface area contributed by atoms with Crippen LogP contribution in [0.5, 0.6) is 0 Å². The highest BCUT2D eigenvalue weighted by atomic mass is 28.4. The van der Waals surface area contributed by atoms with Gasteiger partial charge in [-0.2, -0.15) is 0 Å². The Kier molecular flexibility index (Phi) is 8.83. The van der Waals surface area contributed by atoms with Crippen molar-refractivity contribution in [2.45, 2.75) is 111 Å². The monoisotopic (exact) mass is 444 g/mol. The first-order valence-electron chi connectivity index (χ1n) is 11.4. The molecule has 6 heteroatoms. The Hall–Kier alpha value is -0.176. The summed E-state index contributed by atoms with van der Waals surface area (Å²) in [6.07, 6.45) is 1.60. The van der Waals surface area contributed by atoms with E-state index in [9.17, 15) is 4.79 Å². The molecule has 0 heterocycles. The lowest BCUT2D eigenvalue weighted by Gasteiger charge is -2.40. The molecular weight excluding hydrogens is 396 g/mol. The van der Waals surface area contributed by atoms with Gasteiger partial charge < -0.3 is 13.6 Å². The van der Waals surface area contributed by atoms with Crippen molar-refractivity contribution in [3.63, 3.8) is 0 Å². The van der Waals surface area contributed by atoms with Gasteiger partial charge in [-0.05, 0) is 67.4 Å². The van der Waals surface area contributed by atoms with Crippen molar-refractivity contribution in [3.8, 4) is 0 Å². The van der Waals surface area contributed by atoms with Crippen LogP contribution in [0.15, 0.2) is 0 Å². The van der Waals surface area contributed by atoms with Crippen LogP contribution in [-0.4, -0.2) is 41.9 Å². The number of carbonyl (C=O) groups is 1. The van der Waals surface area contributed by atoms with Gasteiger partial charge in [0.05, 0.1) is 6.61 Å². The quantitative estimate of drug-likeness (QED) is 0.311. The van der Waals surface area contributed by atoms with Gasteiger partial charge in [0.2, 0.25) is 0 Å². The third-order valence-electron chi connectivity index (χ3n) is 7.83. The molecule has 0 bridgehead atoms.